The van der Waals surface area contributed by atoms with Crippen molar-refractivity contribution in [1.82, 2.24) is 4.90 Å². The maximum atomic E-state index is 12.3. The third kappa shape index (κ3) is 3.60. The van der Waals surface area contributed by atoms with Gasteiger partial charge in [0.05, 0.1) is 14.2 Å². The molecule has 0 radical (unpaired) electrons. The Morgan fingerprint density at radius 3 is 2.24 bits per heavy atom. The van der Waals surface area contributed by atoms with Gasteiger partial charge in [0.25, 0.3) is 5.91 Å². The molecule has 1 aromatic heterocycles. The summed E-state index contributed by atoms with van der Waals surface area (Å²) in [5.41, 5.74) is 1.08. The van der Waals surface area contributed by atoms with E-state index in [2.05, 4.69) is 0 Å². The quantitative estimate of drug-likeness (QED) is 0.864. The lowest BCUT2D eigenvalue weighted by molar-refractivity contribution is 0.0463. The molecule has 1 aliphatic rings. The van der Waals surface area contributed by atoms with Gasteiger partial charge in [0, 0.05) is 19.2 Å². The summed E-state index contributed by atoms with van der Waals surface area (Å²) in [5.74, 6) is 0.147. The number of aromatic carboxylic acids is 1. The molecule has 7 nitrogen and oxygen atoms in total. The van der Waals surface area contributed by atoms with Crippen molar-refractivity contribution in [2.75, 3.05) is 27.3 Å². The third-order valence-electron chi connectivity index (χ3n) is 4.21. The molecule has 1 saturated heterocycles. The molecule has 0 spiro atoms. The summed E-state index contributed by atoms with van der Waals surface area (Å²) in [5, 5.41) is 8.84. The fraction of sp³-hybridized carbons (Fsp3) is 0.333. The van der Waals surface area contributed by atoms with E-state index in [1.807, 2.05) is 18.2 Å². The lowest BCUT2D eigenvalue weighted by atomic mass is 9.91. The van der Waals surface area contributed by atoms with Gasteiger partial charge in [-0.05, 0) is 42.2 Å². The maximum absolute atomic E-state index is 12.3. The Hall–Kier alpha value is -2.96. The number of carbonyl (C=O) groups excluding carboxylic acids is 1. The highest BCUT2D eigenvalue weighted by molar-refractivity contribution is 5.94. The molecule has 0 saturated carbocycles. The van der Waals surface area contributed by atoms with E-state index >= 15 is 0 Å². The Kier molecular flexibility index (Phi) is 4.65. The number of likely N-dealkylation sites (tertiary alicyclic amines) is 1. The number of rotatable bonds is 6. The summed E-state index contributed by atoms with van der Waals surface area (Å²) in [6.45, 7) is 1.20. The van der Waals surface area contributed by atoms with E-state index in [4.69, 9.17) is 19.0 Å². The number of hydrogen-bond donors (Lipinski definition) is 1. The number of carboxylic acids is 1. The molecule has 0 unspecified atom stereocenters. The normalized spacial score (nSPS) is 14.1. The number of methoxy groups -OCH3 is 2. The summed E-state index contributed by atoms with van der Waals surface area (Å²) < 4.78 is 15.6. The molecule has 1 aliphatic heterocycles. The van der Waals surface area contributed by atoms with Gasteiger partial charge in [0.2, 0.25) is 5.76 Å². The molecule has 0 bridgehead atoms. The number of ether oxygens (including phenoxy) is 2. The topological polar surface area (TPSA) is 89.2 Å². The lowest BCUT2D eigenvalue weighted by Gasteiger charge is -2.39. The first-order chi connectivity index (χ1) is 12.0. The van der Waals surface area contributed by atoms with Crippen LogP contribution in [0.3, 0.4) is 0 Å². The van der Waals surface area contributed by atoms with Gasteiger partial charge >= 0.3 is 5.97 Å². The molecular formula is C18H19NO6. The van der Waals surface area contributed by atoms with Crippen LogP contribution >= 0.6 is 0 Å². The molecule has 2 aromatic rings. The molecule has 1 aromatic carbocycles. The first-order valence-electron chi connectivity index (χ1n) is 7.84. The number of hydrogen-bond acceptors (Lipinski definition) is 5. The van der Waals surface area contributed by atoms with Crippen molar-refractivity contribution in [1.29, 1.82) is 0 Å². The Bertz CT molecular complexity index is 768. The van der Waals surface area contributed by atoms with Gasteiger partial charge in [-0.25, -0.2) is 4.79 Å². The zero-order valence-electron chi connectivity index (χ0n) is 14.0. The SMILES string of the molecule is COc1cc(CC2CN(C(=O)c3ccc(C(=O)O)o3)C2)cc(OC)c1. The molecule has 1 amide bonds. The van der Waals surface area contributed by atoms with E-state index in [9.17, 15) is 9.59 Å². The largest absolute Gasteiger partial charge is 0.497 e. The average Bonchev–Trinajstić information content (AvgIpc) is 3.07. The predicted molar refractivity (Wildman–Crippen MR) is 88.3 cm³/mol. The number of amides is 1. The summed E-state index contributed by atoms with van der Waals surface area (Å²) in [4.78, 5) is 24.7. The van der Waals surface area contributed by atoms with Crippen LogP contribution in [0.15, 0.2) is 34.7 Å². The van der Waals surface area contributed by atoms with Crippen LogP contribution in [0.25, 0.3) is 0 Å². The zero-order valence-corrected chi connectivity index (χ0v) is 14.0. The van der Waals surface area contributed by atoms with Gasteiger partial charge in [-0.2, -0.15) is 0 Å². The van der Waals surface area contributed by atoms with Crippen LogP contribution < -0.4 is 9.47 Å². The lowest BCUT2D eigenvalue weighted by Crippen LogP contribution is -2.50. The van der Waals surface area contributed by atoms with E-state index in [-0.39, 0.29) is 17.4 Å². The van der Waals surface area contributed by atoms with Gasteiger partial charge in [0.1, 0.15) is 11.5 Å². The molecule has 1 fully saturated rings. The van der Waals surface area contributed by atoms with Crippen LogP contribution in [-0.4, -0.2) is 49.2 Å². The molecule has 2 heterocycles. The maximum Gasteiger partial charge on any atom is 0.371 e. The minimum Gasteiger partial charge on any atom is -0.497 e. The van der Waals surface area contributed by atoms with Crippen molar-refractivity contribution in [2.45, 2.75) is 6.42 Å². The van der Waals surface area contributed by atoms with Crippen LogP contribution in [0.5, 0.6) is 11.5 Å². The minimum absolute atomic E-state index is 0.0545. The summed E-state index contributed by atoms with van der Waals surface area (Å²) in [7, 11) is 3.22. The predicted octanol–water partition coefficient (Wildman–Crippen LogP) is 2.31. The standard InChI is InChI=1S/C18H19NO6/c1-23-13-6-11(7-14(8-13)24-2)5-12-9-19(10-12)17(20)15-3-4-16(25-15)18(21)22/h3-4,6-8,12H,5,9-10H2,1-2H3,(H,21,22). The van der Waals surface area contributed by atoms with Crippen LogP contribution in [0.4, 0.5) is 0 Å². The van der Waals surface area contributed by atoms with E-state index in [1.54, 1.807) is 19.1 Å². The highest BCUT2D eigenvalue weighted by atomic mass is 16.5. The number of benzene rings is 1. The fourth-order valence-electron chi connectivity index (χ4n) is 2.91. The molecule has 3 rings (SSSR count). The first-order valence-corrected chi connectivity index (χ1v) is 7.84. The molecule has 25 heavy (non-hydrogen) atoms. The molecule has 132 valence electrons. The van der Waals surface area contributed by atoms with Gasteiger partial charge in [-0.15, -0.1) is 0 Å². The number of carbonyl (C=O) groups is 2. The van der Waals surface area contributed by atoms with Gasteiger partial charge in [-0.3, -0.25) is 4.79 Å². The molecule has 0 aliphatic carbocycles. The van der Waals surface area contributed by atoms with Crippen LogP contribution in [0.2, 0.25) is 0 Å². The van der Waals surface area contributed by atoms with Crippen LogP contribution in [0, 0.1) is 5.92 Å². The molecular weight excluding hydrogens is 326 g/mol. The van der Waals surface area contributed by atoms with Crippen LogP contribution in [-0.2, 0) is 6.42 Å². The first kappa shape index (κ1) is 16.9. The summed E-state index contributed by atoms with van der Waals surface area (Å²) in [6.07, 6.45) is 0.801. The Morgan fingerprint density at radius 2 is 1.72 bits per heavy atom. The fourth-order valence-corrected chi connectivity index (χ4v) is 2.91. The van der Waals surface area contributed by atoms with Crippen molar-refractivity contribution < 1.29 is 28.6 Å². The van der Waals surface area contributed by atoms with E-state index in [1.165, 1.54) is 12.1 Å². The highest BCUT2D eigenvalue weighted by Crippen LogP contribution is 2.28. The Labute approximate surface area is 144 Å². The Morgan fingerprint density at radius 1 is 1.12 bits per heavy atom. The van der Waals surface area contributed by atoms with Gasteiger partial charge in [0.15, 0.2) is 5.76 Å². The molecule has 1 N–H and O–H groups in total. The number of carboxylic acid groups (broad SMARTS) is 1. The van der Waals surface area contributed by atoms with E-state index in [0.717, 1.165) is 23.5 Å². The highest BCUT2D eigenvalue weighted by Gasteiger charge is 2.33. The monoisotopic (exact) mass is 345 g/mol. The zero-order chi connectivity index (χ0) is 18.0. The van der Waals surface area contributed by atoms with Crippen LogP contribution in [0.1, 0.15) is 26.7 Å². The van der Waals surface area contributed by atoms with Crippen molar-refractivity contribution in [3.63, 3.8) is 0 Å². The summed E-state index contributed by atoms with van der Waals surface area (Å²) in [6, 6.07) is 8.41. The smallest absolute Gasteiger partial charge is 0.371 e. The minimum atomic E-state index is -1.19. The Balaban J connectivity index is 1.59. The number of furan rings is 1. The second-order valence-electron chi connectivity index (χ2n) is 5.97. The van der Waals surface area contributed by atoms with Gasteiger partial charge < -0.3 is 23.9 Å². The van der Waals surface area contributed by atoms with Crippen molar-refractivity contribution >= 4 is 11.9 Å². The second kappa shape index (κ2) is 6.88. The van der Waals surface area contributed by atoms with E-state index < -0.39 is 5.97 Å². The van der Waals surface area contributed by atoms with Crippen molar-refractivity contribution in [3.8, 4) is 11.5 Å². The average molecular weight is 345 g/mol. The number of nitrogens with zero attached hydrogens (tertiary/aromatic N) is 1. The third-order valence-corrected chi connectivity index (χ3v) is 4.21. The van der Waals surface area contributed by atoms with Crippen molar-refractivity contribution in [2.24, 2.45) is 5.92 Å². The van der Waals surface area contributed by atoms with Crippen molar-refractivity contribution in [3.05, 3.63) is 47.4 Å². The summed E-state index contributed by atoms with van der Waals surface area (Å²) >= 11 is 0. The van der Waals surface area contributed by atoms with Gasteiger partial charge in [-0.1, -0.05) is 0 Å². The second-order valence-corrected chi connectivity index (χ2v) is 5.97. The molecule has 0 atom stereocenters. The molecule has 7 heteroatoms. The van der Waals surface area contributed by atoms with E-state index in [0.29, 0.717) is 19.0 Å².